The molecular weight excluding hydrogens is 334 g/mol. The van der Waals surface area contributed by atoms with Crippen LogP contribution in [0.25, 0.3) is 0 Å². The molecule has 2 heterocycles. The number of likely N-dealkylation sites (N-methyl/N-ethyl adjacent to an activating group) is 1. The van der Waals surface area contributed by atoms with E-state index >= 15 is 0 Å². The summed E-state index contributed by atoms with van der Waals surface area (Å²) in [5.74, 6) is 0.0568. The summed E-state index contributed by atoms with van der Waals surface area (Å²) in [5, 5.41) is 2.76. The third-order valence-electron chi connectivity index (χ3n) is 4.90. The summed E-state index contributed by atoms with van der Waals surface area (Å²) in [5.41, 5.74) is 0.412. The Hall–Kier alpha value is -2.57. The predicted molar refractivity (Wildman–Crippen MR) is 95.9 cm³/mol. The van der Waals surface area contributed by atoms with E-state index in [2.05, 4.69) is 5.32 Å². The average Bonchev–Trinajstić information content (AvgIpc) is 2.99. The van der Waals surface area contributed by atoms with Crippen LogP contribution in [0.2, 0.25) is 0 Å². The molecule has 7 heteroatoms. The van der Waals surface area contributed by atoms with Crippen molar-refractivity contribution in [3.05, 3.63) is 29.8 Å². The first-order valence-electron chi connectivity index (χ1n) is 9.11. The van der Waals surface area contributed by atoms with Crippen LogP contribution in [0.3, 0.4) is 0 Å². The molecular formula is C19H25N3O4. The highest BCUT2D eigenvalue weighted by molar-refractivity contribution is 5.98. The summed E-state index contributed by atoms with van der Waals surface area (Å²) in [4.78, 5) is 39.9. The molecule has 3 rings (SSSR count). The van der Waals surface area contributed by atoms with Crippen LogP contribution in [0, 0.1) is 0 Å². The smallest absolute Gasteiger partial charge is 0.260 e. The van der Waals surface area contributed by atoms with Crippen molar-refractivity contribution in [3.63, 3.8) is 0 Å². The lowest BCUT2D eigenvalue weighted by molar-refractivity contribution is -0.134. The van der Waals surface area contributed by atoms with Gasteiger partial charge in [0.2, 0.25) is 5.91 Å². The molecule has 2 aliphatic heterocycles. The lowest BCUT2D eigenvalue weighted by Gasteiger charge is -2.26. The molecule has 26 heavy (non-hydrogen) atoms. The maximum absolute atomic E-state index is 12.4. The van der Waals surface area contributed by atoms with Gasteiger partial charge in [0.05, 0.1) is 0 Å². The van der Waals surface area contributed by atoms with E-state index in [9.17, 15) is 14.4 Å². The van der Waals surface area contributed by atoms with Crippen molar-refractivity contribution < 1.29 is 19.1 Å². The van der Waals surface area contributed by atoms with E-state index in [1.54, 1.807) is 36.2 Å². The van der Waals surface area contributed by atoms with E-state index in [0.29, 0.717) is 24.3 Å². The number of rotatable bonds is 5. The number of piperidine rings is 1. The van der Waals surface area contributed by atoms with Crippen LogP contribution < -0.4 is 10.1 Å². The maximum Gasteiger partial charge on any atom is 0.260 e. The predicted octanol–water partition coefficient (Wildman–Crippen LogP) is 1.04. The van der Waals surface area contributed by atoms with E-state index in [4.69, 9.17) is 4.74 Å². The van der Waals surface area contributed by atoms with Gasteiger partial charge in [0.25, 0.3) is 11.8 Å². The number of amides is 3. The molecule has 0 radical (unpaired) electrons. The van der Waals surface area contributed by atoms with Crippen molar-refractivity contribution in [2.24, 2.45) is 0 Å². The van der Waals surface area contributed by atoms with E-state index in [1.165, 1.54) is 6.42 Å². The SMILES string of the molecule is CN1CCC(NC(=O)c2cccc(OCC(=O)N3CCCCC3)c2)C1=O. The normalized spacial score (nSPS) is 20.2. The van der Waals surface area contributed by atoms with Crippen molar-refractivity contribution in [3.8, 4) is 5.75 Å². The molecule has 1 aromatic rings. The summed E-state index contributed by atoms with van der Waals surface area (Å²) < 4.78 is 5.57. The number of likely N-dealkylation sites (tertiary alicyclic amines) is 2. The molecule has 7 nitrogen and oxygen atoms in total. The molecule has 2 fully saturated rings. The number of hydrogen-bond acceptors (Lipinski definition) is 4. The Kier molecular flexibility index (Phi) is 5.75. The number of nitrogens with zero attached hydrogens (tertiary/aromatic N) is 2. The molecule has 3 amide bonds. The van der Waals surface area contributed by atoms with Gasteiger partial charge in [-0.1, -0.05) is 6.07 Å². The fraction of sp³-hybridized carbons (Fsp3) is 0.526. The Morgan fingerprint density at radius 2 is 1.96 bits per heavy atom. The van der Waals surface area contributed by atoms with E-state index < -0.39 is 6.04 Å². The van der Waals surface area contributed by atoms with Crippen LogP contribution in [0.4, 0.5) is 0 Å². The fourth-order valence-corrected chi connectivity index (χ4v) is 3.30. The number of carbonyl (C=O) groups excluding carboxylic acids is 3. The molecule has 1 N–H and O–H groups in total. The molecule has 140 valence electrons. The molecule has 1 atom stereocenters. The van der Waals surface area contributed by atoms with Crippen molar-refractivity contribution >= 4 is 17.7 Å². The number of hydrogen-bond donors (Lipinski definition) is 1. The van der Waals surface area contributed by atoms with Crippen molar-refractivity contribution in [2.75, 3.05) is 33.3 Å². The molecule has 1 unspecified atom stereocenters. The third kappa shape index (κ3) is 4.33. The monoisotopic (exact) mass is 359 g/mol. The van der Waals surface area contributed by atoms with Gasteiger partial charge in [-0.15, -0.1) is 0 Å². The highest BCUT2D eigenvalue weighted by atomic mass is 16.5. The van der Waals surface area contributed by atoms with E-state index in [0.717, 1.165) is 25.9 Å². The summed E-state index contributed by atoms with van der Waals surface area (Å²) in [6.07, 6.45) is 3.86. The van der Waals surface area contributed by atoms with Crippen LogP contribution in [0.15, 0.2) is 24.3 Å². The number of carbonyl (C=O) groups is 3. The molecule has 0 saturated carbocycles. The Bertz CT molecular complexity index is 685. The minimum atomic E-state index is -0.474. The summed E-state index contributed by atoms with van der Waals surface area (Å²) in [6.45, 7) is 2.19. The molecule has 2 aliphatic rings. The summed E-state index contributed by atoms with van der Waals surface area (Å²) in [6, 6.07) is 6.21. The largest absolute Gasteiger partial charge is 0.484 e. The minimum Gasteiger partial charge on any atom is -0.484 e. The molecule has 0 spiro atoms. The second-order valence-electron chi connectivity index (χ2n) is 6.83. The van der Waals surface area contributed by atoms with Crippen LogP contribution in [-0.4, -0.2) is 66.9 Å². The zero-order chi connectivity index (χ0) is 18.5. The Balaban J connectivity index is 1.54. The lowest BCUT2D eigenvalue weighted by atomic mass is 10.1. The Morgan fingerprint density at radius 1 is 1.19 bits per heavy atom. The summed E-state index contributed by atoms with van der Waals surface area (Å²) >= 11 is 0. The van der Waals surface area contributed by atoms with Crippen LogP contribution in [0.5, 0.6) is 5.75 Å². The van der Waals surface area contributed by atoms with Gasteiger partial charge >= 0.3 is 0 Å². The zero-order valence-electron chi connectivity index (χ0n) is 15.1. The topological polar surface area (TPSA) is 79.0 Å². The van der Waals surface area contributed by atoms with E-state index in [1.807, 2.05) is 4.90 Å². The van der Waals surface area contributed by atoms with Crippen LogP contribution in [-0.2, 0) is 9.59 Å². The standard InChI is InChI=1S/C19H25N3O4/c1-21-11-8-16(19(21)25)20-18(24)14-6-5-7-15(12-14)26-13-17(23)22-9-3-2-4-10-22/h5-7,12,16H,2-4,8-11,13H2,1H3,(H,20,24). The van der Waals surface area contributed by atoms with Gasteiger partial charge in [-0.05, 0) is 43.9 Å². The number of benzene rings is 1. The van der Waals surface area contributed by atoms with Gasteiger partial charge in [-0.2, -0.15) is 0 Å². The average molecular weight is 359 g/mol. The van der Waals surface area contributed by atoms with Crippen LogP contribution >= 0.6 is 0 Å². The van der Waals surface area contributed by atoms with Crippen LogP contribution in [0.1, 0.15) is 36.0 Å². The first kappa shape index (κ1) is 18.2. The minimum absolute atomic E-state index is 0.0286. The first-order valence-corrected chi connectivity index (χ1v) is 9.11. The molecule has 0 aromatic heterocycles. The van der Waals surface area contributed by atoms with Crippen molar-refractivity contribution in [1.29, 1.82) is 0 Å². The fourth-order valence-electron chi connectivity index (χ4n) is 3.30. The van der Waals surface area contributed by atoms with E-state index in [-0.39, 0.29) is 24.3 Å². The third-order valence-corrected chi connectivity index (χ3v) is 4.90. The lowest BCUT2D eigenvalue weighted by Crippen LogP contribution is -2.40. The highest BCUT2D eigenvalue weighted by Gasteiger charge is 2.30. The quantitative estimate of drug-likeness (QED) is 0.852. The Labute approximate surface area is 153 Å². The van der Waals surface area contributed by atoms with Gasteiger partial charge in [0.1, 0.15) is 11.8 Å². The van der Waals surface area contributed by atoms with Crippen molar-refractivity contribution in [1.82, 2.24) is 15.1 Å². The highest BCUT2D eigenvalue weighted by Crippen LogP contribution is 2.16. The van der Waals surface area contributed by atoms with Gasteiger partial charge in [0.15, 0.2) is 6.61 Å². The summed E-state index contributed by atoms with van der Waals surface area (Å²) in [7, 11) is 1.72. The number of nitrogens with one attached hydrogen (secondary N) is 1. The first-order chi connectivity index (χ1) is 12.5. The Morgan fingerprint density at radius 3 is 2.65 bits per heavy atom. The van der Waals surface area contributed by atoms with Gasteiger partial charge < -0.3 is 19.9 Å². The van der Waals surface area contributed by atoms with Crippen molar-refractivity contribution in [2.45, 2.75) is 31.7 Å². The molecule has 0 aliphatic carbocycles. The molecule has 0 bridgehead atoms. The van der Waals surface area contributed by atoms with Gasteiger partial charge in [-0.3, -0.25) is 14.4 Å². The molecule has 1 aromatic carbocycles. The van der Waals surface area contributed by atoms with Gasteiger partial charge in [0, 0.05) is 32.2 Å². The zero-order valence-corrected chi connectivity index (χ0v) is 15.1. The number of ether oxygens (including phenoxy) is 1. The second kappa shape index (κ2) is 8.21. The molecule has 2 saturated heterocycles. The maximum atomic E-state index is 12.4. The second-order valence-corrected chi connectivity index (χ2v) is 6.83. The van der Waals surface area contributed by atoms with Gasteiger partial charge in [-0.25, -0.2) is 0 Å².